The fourth-order valence-corrected chi connectivity index (χ4v) is 1.92. The van der Waals surface area contributed by atoms with Crippen LogP contribution in [-0.2, 0) is 0 Å². The quantitative estimate of drug-likeness (QED) is 0.775. The van der Waals surface area contributed by atoms with Crippen LogP contribution >= 0.6 is 11.8 Å². The topological polar surface area (TPSA) is 62.2 Å². The van der Waals surface area contributed by atoms with Crippen molar-refractivity contribution < 1.29 is 9.90 Å². The van der Waals surface area contributed by atoms with Gasteiger partial charge in [0.05, 0.1) is 10.6 Å². The van der Waals surface area contributed by atoms with E-state index in [4.69, 9.17) is 0 Å². The number of aromatic nitrogens is 1. The Balaban J connectivity index is 2.65. The minimum absolute atomic E-state index is 0.173. The van der Waals surface area contributed by atoms with Crippen molar-refractivity contribution in [2.24, 2.45) is 0 Å². The summed E-state index contributed by atoms with van der Waals surface area (Å²) in [6.45, 7) is 4.09. The van der Waals surface area contributed by atoms with Crippen molar-refractivity contribution in [1.29, 1.82) is 0 Å². The van der Waals surface area contributed by atoms with Gasteiger partial charge >= 0.3 is 0 Å². The number of pyridine rings is 1. The van der Waals surface area contributed by atoms with Crippen LogP contribution in [0.5, 0.6) is 0 Å². The lowest BCUT2D eigenvalue weighted by atomic mass is 9.97. The summed E-state index contributed by atoms with van der Waals surface area (Å²) in [5.41, 5.74) is -0.241. The first-order valence-electron chi connectivity index (χ1n) is 6.05. The Labute approximate surface area is 112 Å². The van der Waals surface area contributed by atoms with Gasteiger partial charge in [-0.15, -0.1) is 11.8 Å². The van der Waals surface area contributed by atoms with E-state index in [0.29, 0.717) is 18.4 Å². The number of hydrogen-bond donors (Lipinski definition) is 2. The van der Waals surface area contributed by atoms with Crippen LogP contribution in [-0.4, -0.2) is 34.4 Å². The van der Waals surface area contributed by atoms with Gasteiger partial charge in [0.15, 0.2) is 0 Å². The van der Waals surface area contributed by atoms with E-state index < -0.39 is 5.60 Å². The zero-order valence-electron chi connectivity index (χ0n) is 11.1. The molecule has 100 valence electrons. The van der Waals surface area contributed by atoms with Crippen LogP contribution in [0.3, 0.4) is 0 Å². The van der Waals surface area contributed by atoms with E-state index >= 15 is 0 Å². The Hall–Kier alpha value is -1.07. The lowest BCUT2D eigenvalue weighted by molar-refractivity contribution is 0.0314. The molecule has 5 heteroatoms. The second-order valence-corrected chi connectivity index (χ2v) is 5.03. The maximum atomic E-state index is 11.9. The van der Waals surface area contributed by atoms with E-state index in [1.807, 2.05) is 20.1 Å². The number of carbonyl (C=O) groups excluding carboxylic acids is 1. The Morgan fingerprint density at radius 1 is 1.50 bits per heavy atom. The number of nitrogens with zero attached hydrogens (tertiary/aromatic N) is 1. The molecular formula is C13H20N2O2S. The molecule has 0 unspecified atom stereocenters. The third-order valence-electron chi connectivity index (χ3n) is 3.10. The number of carbonyl (C=O) groups is 1. The van der Waals surface area contributed by atoms with Crippen LogP contribution in [0.1, 0.15) is 37.0 Å². The van der Waals surface area contributed by atoms with Crippen molar-refractivity contribution in [3.05, 3.63) is 23.9 Å². The molecule has 0 aromatic carbocycles. The largest absolute Gasteiger partial charge is 0.388 e. The van der Waals surface area contributed by atoms with Gasteiger partial charge in [0.2, 0.25) is 0 Å². The van der Waals surface area contributed by atoms with E-state index in [2.05, 4.69) is 10.3 Å². The molecule has 0 aliphatic rings. The lowest BCUT2D eigenvalue weighted by Gasteiger charge is -2.25. The minimum Gasteiger partial charge on any atom is -0.388 e. The molecule has 0 spiro atoms. The molecule has 18 heavy (non-hydrogen) atoms. The summed E-state index contributed by atoms with van der Waals surface area (Å²) in [6.07, 6.45) is 4.77. The van der Waals surface area contributed by atoms with Crippen LogP contribution in [0.25, 0.3) is 0 Å². The normalized spacial score (nSPS) is 11.3. The molecular weight excluding hydrogens is 248 g/mol. The van der Waals surface area contributed by atoms with Gasteiger partial charge < -0.3 is 10.4 Å². The van der Waals surface area contributed by atoms with Crippen molar-refractivity contribution in [2.45, 2.75) is 37.3 Å². The molecule has 1 amide bonds. The van der Waals surface area contributed by atoms with E-state index in [1.165, 1.54) is 11.8 Å². The third kappa shape index (κ3) is 3.99. The van der Waals surface area contributed by atoms with E-state index in [9.17, 15) is 9.90 Å². The molecule has 4 nitrogen and oxygen atoms in total. The average Bonchev–Trinajstić information content (AvgIpc) is 2.44. The Morgan fingerprint density at radius 2 is 2.17 bits per heavy atom. The number of hydrogen-bond acceptors (Lipinski definition) is 4. The number of nitrogens with one attached hydrogen (secondary N) is 1. The summed E-state index contributed by atoms with van der Waals surface area (Å²) < 4.78 is 0. The van der Waals surface area contributed by atoms with Crippen LogP contribution in [0, 0.1) is 0 Å². The fourth-order valence-electron chi connectivity index (χ4n) is 1.51. The summed E-state index contributed by atoms with van der Waals surface area (Å²) in [7, 11) is 0. The molecule has 0 aliphatic heterocycles. The highest BCUT2D eigenvalue weighted by Crippen LogP contribution is 2.15. The first kappa shape index (κ1) is 15.0. The first-order chi connectivity index (χ1) is 8.54. The Morgan fingerprint density at radius 3 is 2.72 bits per heavy atom. The van der Waals surface area contributed by atoms with Gasteiger partial charge in [0, 0.05) is 18.3 Å². The van der Waals surface area contributed by atoms with Gasteiger partial charge in [-0.25, -0.2) is 4.98 Å². The smallest absolute Gasteiger partial charge is 0.251 e. The summed E-state index contributed by atoms with van der Waals surface area (Å²) in [6, 6.07) is 3.42. The van der Waals surface area contributed by atoms with Crippen LogP contribution in [0.2, 0.25) is 0 Å². The van der Waals surface area contributed by atoms with Gasteiger partial charge in [0.25, 0.3) is 5.91 Å². The predicted octanol–water partition coefficient (Wildman–Crippen LogP) is 2.08. The minimum atomic E-state index is -0.814. The van der Waals surface area contributed by atoms with Crippen LogP contribution in [0.15, 0.2) is 23.4 Å². The highest BCUT2D eigenvalue weighted by Gasteiger charge is 2.23. The molecule has 0 bridgehead atoms. The molecule has 2 N–H and O–H groups in total. The standard InChI is InChI=1S/C13H20N2O2S/c1-4-13(17,5-2)9-15-12(16)10-6-7-14-11(8-10)18-3/h6-8,17H,4-5,9H2,1-3H3,(H,15,16). The zero-order chi connectivity index (χ0) is 13.6. The molecule has 1 aromatic heterocycles. The molecule has 1 heterocycles. The molecule has 1 rings (SSSR count). The van der Waals surface area contributed by atoms with Gasteiger partial charge in [-0.05, 0) is 31.2 Å². The van der Waals surface area contributed by atoms with Gasteiger partial charge in [-0.2, -0.15) is 0 Å². The van der Waals surface area contributed by atoms with Crippen molar-refractivity contribution in [3.8, 4) is 0 Å². The maximum absolute atomic E-state index is 11.9. The predicted molar refractivity (Wildman–Crippen MR) is 73.9 cm³/mol. The average molecular weight is 268 g/mol. The number of rotatable bonds is 6. The lowest BCUT2D eigenvalue weighted by Crippen LogP contribution is -2.42. The monoisotopic (exact) mass is 268 g/mol. The molecule has 0 saturated carbocycles. The summed E-state index contributed by atoms with van der Waals surface area (Å²) >= 11 is 1.49. The van der Waals surface area contributed by atoms with Gasteiger partial charge in [0.1, 0.15) is 0 Å². The van der Waals surface area contributed by atoms with E-state index in [1.54, 1.807) is 18.3 Å². The molecule has 0 fully saturated rings. The molecule has 0 aliphatic carbocycles. The second-order valence-electron chi connectivity index (χ2n) is 4.20. The van der Waals surface area contributed by atoms with Gasteiger partial charge in [-0.1, -0.05) is 13.8 Å². The van der Waals surface area contributed by atoms with Crippen molar-refractivity contribution in [3.63, 3.8) is 0 Å². The van der Waals surface area contributed by atoms with Crippen LogP contribution < -0.4 is 5.32 Å². The van der Waals surface area contributed by atoms with Crippen LogP contribution in [0.4, 0.5) is 0 Å². The SMILES string of the molecule is CCC(O)(CC)CNC(=O)c1ccnc(SC)c1. The van der Waals surface area contributed by atoms with Crippen molar-refractivity contribution in [2.75, 3.05) is 12.8 Å². The Bertz CT molecular complexity index is 406. The molecule has 1 aromatic rings. The highest BCUT2D eigenvalue weighted by atomic mass is 32.2. The first-order valence-corrected chi connectivity index (χ1v) is 7.27. The number of amides is 1. The second kappa shape index (κ2) is 6.75. The molecule has 0 radical (unpaired) electrons. The highest BCUT2D eigenvalue weighted by molar-refractivity contribution is 7.98. The third-order valence-corrected chi connectivity index (χ3v) is 3.74. The Kier molecular flexibility index (Phi) is 5.62. The van der Waals surface area contributed by atoms with E-state index in [-0.39, 0.29) is 12.5 Å². The number of aliphatic hydroxyl groups is 1. The number of thioether (sulfide) groups is 1. The van der Waals surface area contributed by atoms with Gasteiger partial charge in [-0.3, -0.25) is 4.79 Å². The molecule has 0 atom stereocenters. The van der Waals surface area contributed by atoms with Crippen molar-refractivity contribution >= 4 is 17.7 Å². The molecule has 0 saturated heterocycles. The zero-order valence-corrected chi connectivity index (χ0v) is 11.9. The summed E-state index contributed by atoms with van der Waals surface area (Å²) in [5.74, 6) is -0.173. The summed E-state index contributed by atoms with van der Waals surface area (Å²) in [4.78, 5) is 16.0. The van der Waals surface area contributed by atoms with Crippen molar-refractivity contribution in [1.82, 2.24) is 10.3 Å². The fraction of sp³-hybridized carbons (Fsp3) is 0.538. The van der Waals surface area contributed by atoms with E-state index in [0.717, 1.165) is 5.03 Å². The summed E-state index contributed by atoms with van der Waals surface area (Å²) in [5, 5.41) is 13.7. The maximum Gasteiger partial charge on any atom is 0.251 e.